The van der Waals surface area contributed by atoms with Crippen molar-refractivity contribution in [1.82, 2.24) is 0 Å². The molecule has 4 aromatic rings. The highest BCUT2D eigenvalue weighted by Crippen LogP contribution is 2.55. The second-order valence-electron chi connectivity index (χ2n) is 8.29. The van der Waals surface area contributed by atoms with E-state index in [1.165, 1.54) is 4.90 Å². The molecule has 1 unspecified atom stereocenters. The third kappa shape index (κ3) is 2.71. The summed E-state index contributed by atoms with van der Waals surface area (Å²) in [4.78, 5) is 29.4. The van der Waals surface area contributed by atoms with E-state index >= 15 is 0 Å². The van der Waals surface area contributed by atoms with Crippen molar-refractivity contribution in [2.45, 2.75) is 12.0 Å². The number of hydrogen-bond donors (Lipinski definition) is 1. The highest BCUT2D eigenvalue weighted by Gasteiger charge is 2.61. The van der Waals surface area contributed by atoms with Gasteiger partial charge in [-0.15, -0.1) is 0 Å². The van der Waals surface area contributed by atoms with Crippen LogP contribution in [0, 0.1) is 11.3 Å². The Balaban J connectivity index is 1.70. The Labute approximate surface area is 204 Å². The minimum atomic E-state index is -1.82. The summed E-state index contributed by atoms with van der Waals surface area (Å²) < 4.78 is 11.4. The normalized spacial score (nSPS) is 18.4. The van der Waals surface area contributed by atoms with Crippen molar-refractivity contribution < 1.29 is 13.9 Å². The number of nitrogens with zero attached hydrogens (tertiary/aromatic N) is 2. The average Bonchev–Trinajstić information content (AvgIpc) is 3.09. The van der Waals surface area contributed by atoms with Crippen molar-refractivity contribution >= 4 is 34.2 Å². The Hall–Kier alpha value is -4.54. The molecule has 0 saturated heterocycles. The summed E-state index contributed by atoms with van der Waals surface area (Å²) in [6, 6.07) is 23.1. The van der Waals surface area contributed by atoms with Gasteiger partial charge in [0, 0.05) is 16.3 Å². The summed E-state index contributed by atoms with van der Waals surface area (Å²) in [5, 5.41) is 11.1. The summed E-state index contributed by atoms with van der Waals surface area (Å²) in [6.45, 7) is 0.130. The minimum Gasteiger partial charge on any atom is -0.439 e. The molecular formula is C27H16ClN3O4. The van der Waals surface area contributed by atoms with E-state index in [2.05, 4.69) is 0 Å². The van der Waals surface area contributed by atoms with E-state index in [1.54, 1.807) is 60.7 Å². The van der Waals surface area contributed by atoms with E-state index in [-0.39, 0.29) is 34.9 Å². The summed E-state index contributed by atoms with van der Waals surface area (Å²) in [6.07, 6.45) is 0. The van der Waals surface area contributed by atoms with Crippen LogP contribution in [0.25, 0.3) is 11.0 Å². The van der Waals surface area contributed by atoms with Gasteiger partial charge in [-0.2, -0.15) is 5.26 Å². The number of amides is 1. The Morgan fingerprint density at radius 2 is 1.71 bits per heavy atom. The lowest BCUT2D eigenvalue weighted by Gasteiger charge is -2.33. The summed E-state index contributed by atoms with van der Waals surface area (Å²) >= 11 is 6.40. The lowest BCUT2D eigenvalue weighted by Crippen LogP contribution is -2.48. The molecular weight excluding hydrogens is 466 g/mol. The largest absolute Gasteiger partial charge is 0.439 e. The number of nitriles is 1. The van der Waals surface area contributed by atoms with Gasteiger partial charge in [0.25, 0.3) is 0 Å². The van der Waals surface area contributed by atoms with Crippen molar-refractivity contribution in [2.24, 2.45) is 5.73 Å². The fourth-order valence-electron chi connectivity index (χ4n) is 5.05. The molecule has 8 heteroatoms. The third-order valence-corrected chi connectivity index (χ3v) is 6.91. The van der Waals surface area contributed by atoms with Crippen molar-refractivity contribution in [2.75, 3.05) is 4.90 Å². The molecule has 0 saturated carbocycles. The van der Waals surface area contributed by atoms with Crippen LogP contribution in [0.1, 0.15) is 16.7 Å². The molecule has 2 aliphatic rings. The first-order valence-corrected chi connectivity index (χ1v) is 11.2. The minimum absolute atomic E-state index is 0.0685. The molecule has 1 aromatic heterocycles. The number of anilines is 1. The number of hydrogen-bond acceptors (Lipinski definition) is 6. The monoisotopic (exact) mass is 481 g/mol. The number of fused-ring (bicyclic) bond motifs is 6. The van der Waals surface area contributed by atoms with Gasteiger partial charge in [-0.05, 0) is 29.8 Å². The zero-order valence-corrected chi connectivity index (χ0v) is 18.9. The zero-order chi connectivity index (χ0) is 24.3. The Morgan fingerprint density at radius 3 is 2.51 bits per heavy atom. The first kappa shape index (κ1) is 21.0. The standard InChI is InChI=1S/C27H16ClN3O4/c28-19-10-4-1-7-15(19)14-31-20-11-5-3-9-17(20)27(26(31)33)18(13-29)24(30)35-23-16-8-2-6-12-21(16)34-25(32)22(23)27/h1-12H,14,30H2. The van der Waals surface area contributed by atoms with Gasteiger partial charge in [0.2, 0.25) is 11.8 Å². The number of para-hydroxylation sites is 2. The highest BCUT2D eigenvalue weighted by molar-refractivity contribution is 6.31. The fraction of sp³-hybridized carbons (Fsp3) is 0.0741. The van der Waals surface area contributed by atoms with Gasteiger partial charge in [0.05, 0.1) is 11.9 Å². The smallest absolute Gasteiger partial charge is 0.345 e. The van der Waals surface area contributed by atoms with Gasteiger partial charge in [0.15, 0.2) is 11.2 Å². The maximum absolute atomic E-state index is 14.4. The molecule has 0 bridgehead atoms. The van der Waals surface area contributed by atoms with Crippen LogP contribution in [-0.2, 0) is 16.8 Å². The molecule has 3 aromatic carbocycles. The SMILES string of the molecule is N#CC1=C(N)Oc2c(c(=O)oc3ccccc23)C12C(=O)N(Cc1ccccc1Cl)c1ccccc12. The molecule has 2 aliphatic heterocycles. The predicted molar refractivity (Wildman–Crippen MR) is 130 cm³/mol. The average molecular weight is 482 g/mol. The first-order chi connectivity index (χ1) is 17.0. The van der Waals surface area contributed by atoms with E-state index in [0.29, 0.717) is 27.2 Å². The summed E-state index contributed by atoms with van der Waals surface area (Å²) in [7, 11) is 0. The number of ether oxygens (including phenoxy) is 1. The van der Waals surface area contributed by atoms with Crippen LogP contribution in [0.3, 0.4) is 0 Å². The van der Waals surface area contributed by atoms with Gasteiger partial charge >= 0.3 is 5.63 Å². The first-order valence-electron chi connectivity index (χ1n) is 10.8. The molecule has 1 atom stereocenters. The van der Waals surface area contributed by atoms with Crippen LogP contribution >= 0.6 is 11.6 Å². The lowest BCUT2D eigenvalue weighted by molar-refractivity contribution is -0.121. The van der Waals surface area contributed by atoms with Crippen LogP contribution in [0.5, 0.6) is 5.75 Å². The number of nitrogens with two attached hydrogens (primary N) is 1. The molecule has 0 radical (unpaired) electrons. The van der Waals surface area contributed by atoms with E-state index in [4.69, 9.17) is 26.5 Å². The Morgan fingerprint density at radius 1 is 1.00 bits per heavy atom. The van der Waals surface area contributed by atoms with Gasteiger partial charge in [-0.25, -0.2) is 4.79 Å². The molecule has 2 N–H and O–H groups in total. The quantitative estimate of drug-likeness (QED) is 0.426. The molecule has 170 valence electrons. The van der Waals surface area contributed by atoms with Crippen LogP contribution < -0.4 is 21.0 Å². The molecule has 0 aliphatic carbocycles. The van der Waals surface area contributed by atoms with E-state index in [9.17, 15) is 14.9 Å². The number of benzene rings is 3. The lowest BCUT2D eigenvalue weighted by atomic mass is 9.69. The second-order valence-corrected chi connectivity index (χ2v) is 8.70. The highest BCUT2D eigenvalue weighted by atomic mass is 35.5. The van der Waals surface area contributed by atoms with Gasteiger partial charge in [-0.3, -0.25) is 4.79 Å². The van der Waals surface area contributed by atoms with Crippen molar-refractivity contribution in [3.63, 3.8) is 0 Å². The van der Waals surface area contributed by atoms with Gasteiger partial charge in [-0.1, -0.05) is 60.1 Å². The van der Waals surface area contributed by atoms with Crippen LogP contribution in [0.15, 0.2) is 93.5 Å². The van der Waals surface area contributed by atoms with Gasteiger partial charge in [0.1, 0.15) is 22.8 Å². The maximum Gasteiger partial charge on any atom is 0.345 e. The third-order valence-electron chi connectivity index (χ3n) is 6.54. The molecule has 35 heavy (non-hydrogen) atoms. The number of carbonyl (C=O) groups excluding carboxylic acids is 1. The molecule has 3 heterocycles. The molecule has 0 fully saturated rings. The fourth-order valence-corrected chi connectivity index (χ4v) is 5.25. The van der Waals surface area contributed by atoms with Crippen LogP contribution in [0.4, 0.5) is 5.69 Å². The summed E-state index contributed by atoms with van der Waals surface area (Å²) in [5.41, 5.74) is 5.40. The van der Waals surface area contributed by atoms with E-state index < -0.39 is 16.9 Å². The number of halogens is 1. The topological polar surface area (TPSA) is 110 Å². The van der Waals surface area contributed by atoms with Crippen LogP contribution in [0.2, 0.25) is 5.02 Å². The zero-order valence-electron chi connectivity index (χ0n) is 18.1. The second kappa shape index (κ2) is 7.49. The van der Waals surface area contributed by atoms with Crippen molar-refractivity contribution in [1.29, 1.82) is 5.26 Å². The molecule has 1 spiro atoms. The van der Waals surface area contributed by atoms with Crippen LogP contribution in [-0.4, -0.2) is 5.91 Å². The van der Waals surface area contributed by atoms with Crippen molar-refractivity contribution in [3.8, 4) is 11.8 Å². The Bertz CT molecular complexity index is 1700. The number of carbonyl (C=O) groups is 1. The van der Waals surface area contributed by atoms with Gasteiger partial charge < -0.3 is 19.8 Å². The van der Waals surface area contributed by atoms with E-state index in [1.807, 2.05) is 18.2 Å². The predicted octanol–water partition coefficient (Wildman–Crippen LogP) is 4.37. The maximum atomic E-state index is 14.4. The molecule has 7 nitrogen and oxygen atoms in total. The summed E-state index contributed by atoms with van der Waals surface area (Å²) in [5.74, 6) is -0.639. The molecule has 6 rings (SSSR count). The Kier molecular flexibility index (Phi) is 4.50. The number of rotatable bonds is 2. The van der Waals surface area contributed by atoms with E-state index in [0.717, 1.165) is 0 Å². The van der Waals surface area contributed by atoms with Crippen molar-refractivity contribution in [3.05, 3.63) is 116 Å². The molecule has 1 amide bonds.